The maximum atomic E-state index is 5.65. The van der Waals surface area contributed by atoms with Gasteiger partial charge in [0.1, 0.15) is 5.75 Å². The Morgan fingerprint density at radius 3 is 2.62 bits per heavy atom. The molecule has 0 unspecified atom stereocenters. The topological polar surface area (TPSA) is 61.3 Å². The van der Waals surface area contributed by atoms with Crippen LogP contribution in [0.5, 0.6) is 5.75 Å². The van der Waals surface area contributed by atoms with Crippen LogP contribution in [-0.2, 0) is 6.61 Å². The minimum atomic E-state index is 0.220. The molecule has 21 heavy (non-hydrogen) atoms. The van der Waals surface area contributed by atoms with Crippen LogP contribution in [0.1, 0.15) is 17.0 Å². The highest BCUT2D eigenvalue weighted by Crippen LogP contribution is 2.24. The van der Waals surface area contributed by atoms with Crippen LogP contribution in [-0.4, -0.2) is 10.2 Å². The summed E-state index contributed by atoms with van der Waals surface area (Å²) in [5.41, 5.74) is 2.41. The number of ether oxygens (including phenoxy) is 1. The van der Waals surface area contributed by atoms with Gasteiger partial charge >= 0.3 is 0 Å². The first-order valence-corrected chi connectivity index (χ1v) is 7.19. The number of hydrogen-bond donors (Lipinski definition) is 0. The van der Waals surface area contributed by atoms with Crippen LogP contribution in [0.3, 0.4) is 0 Å². The van der Waals surface area contributed by atoms with Crippen LogP contribution >= 0.6 is 15.9 Å². The summed E-state index contributed by atoms with van der Waals surface area (Å²) in [6.07, 6.45) is 0. The molecule has 3 rings (SSSR count). The molecule has 0 spiro atoms. The van der Waals surface area contributed by atoms with Gasteiger partial charge in [0.05, 0.1) is 0 Å². The van der Waals surface area contributed by atoms with E-state index in [1.807, 2.05) is 25.1 Å². The van der Waals surface area contributed by atoms with E-state index in [-0.39, 0.29) is 6.61 Å². The Hall–Kier alpha value is -2.08. The van der Waals surface area contributed by atoms with Crippen molar-refractivity contribution in [2.45, 2.75) is 20.5 Å². The Balaban J connectivity index is 1.68. The van der Waals surface area contributed by atoms with Gasteiger partial charge < -0.3 is 13.6 Å². The summed E-state index contributed by atoms with van der Waals surface area (Å²) in [4.78, 5) is 0. The van der Waals surface area contributed by atoms with Crippen LogP contribution in [0.4, 0.5) is 0 Å². The summed E-state index contributed by atoms with van der Waals surface area (Å²) >= 11 is 3.23. The molecule has 0 saturated heterocycles. The normalized spacial score (nSPS) is 10.8. The molecular formula is C15H13BrN2O3. The lowest BCUT2D eigenvalue weighted by atomic mass is 10.1. The van der Waals surface area contributed by atoms with Crippen molar-refractivity contribution in [2.75, 3.05) is 0 Å². The summed E-state index contributed by atoms with van der Waals surface area (Å²) in [7, 11) is 0. The summed E-state index contributed by atoms with van der Waals surface area (Å²) < 4.78 is 17.1. The van der Waals surface area contributed by atoms with Crippen molar-refractivity contribution in [3.05, 3.63) is 52.0 Å². The van der Waals surface area contributed by atoms with Crippen molar-refractivity contribution in [3.63, 3.8) is 0 Å². The zero-order valence-electron chi connectivity index (χ0n) is 11.6. The van der Waals surface area contributed by atoms with Crippen LogP contribution < -0.4 is 4.74 Å². The molecule has 0 aliphatic rings. The van der Waals surface area contributed by atoms with E-state index >= 15 is 0 Å². The number of halogens is 1. The maximum absolute atomic E-state index is 5.65. The van der Waals surface area contributed by atoms with Crippen LogP contribution in [0.25, 0.3) is 11.7 Å². The standard InChI is InChI=1S/C15H13BrN2O3/c1-9-3-4-11(7-10(9)2)19-8-14-17-18-15(21-14)12-5-6-13(16)20-12/h3-7H,8H2,1-2H3. The highest BCUT2D eigenvalue weighted by Gasteiger charge is 2.12. The minimum absolute atomic E-state index is 0.220. The van der Waals surface area contributed by atoms with E-state index in [4.69, 9.17) is 13.6 Å². The first-order chi connectivity index (χ1) is 10.1. The van der Waals surface area contributed by atoms with Crippen LogP contribution in [0.15, 0.2) is 43.8 Å². The molecule has 108 valence electrons. The van der Waals surface area contributed by atoms with Gasteiger partial charge in [0.2, 0.25) is 0 Å². The van der Waals surface area contributed by atoms with Gasteiger partial charge in [-0.15, -0.1) is 10.2 Å². The molecule has 0 saturated carbocycles. The quantitative estimate of drug-likeness (QED) is 0.703. The third kappa shape index (κ3) is 3.16. The molecule has 0 radical (unpaired) electrons. The molecule has 3 aromatic rings. The Morgan fingerprint density at radius 1 is 1.05 bits per heavy atom. The predicted molar refractivity (Wildman–Crippen MR) is 79.9 cm³/mol. The summed E-state index contributed by atoms with van der Waals surface area (Å²) in [6, 6.07) is 9.44. The van der Waals surface area contributed by atoms with E-state index in [0.29, 0.717) is 22.2 Å². The lowest BCUT2D eigenvalue weighted by Crippen LogP contribution is -1.96. The fraction of sp³-hybridized carbons (Fsp3) is 0.200. The van der Waals surface area contributed by atoms with Gasteiger partial charge in [-0.3, -0.25) is 0 Å². The fourth-order valence-corrected chi connectivity index (χ4v) is 2.10. The van der Waals surface area contributed by atoms with Crippen molar-refractivity contribution in [1.29, 1.82) is 0 Å². The van der Waals surface area contributed by atoms with Gasteiger partial charge in [0.15, 0.2) is 17.0 Å². The third-order valence-electron chi connectivity index (χ3n) is 3.09. The van der Waals surface area contributed by atoms with Crippen molar-refractivity contribution in [3.8, 4) is 17.4 Å². The van der Waals surface area contributed by atoms with Gasteiger partial charge in [-0.1, -0.05) is 6.07 Å². The number of nitrogens with zero attached hydrogens (tertiary/aromatic N) is 2. The van der Waals surface area contributed by atoms with Gasteiger partial charge in [-0.05, 0) is 65.2 Å². The van der Waals surface area contributed by atoms with Crippen molar-refractivity contribution < 1.29 is 13.6 Å². The average Bonchev–Trinajstić information content (AvgIpc) is 3.09. The van der Waals surface area contributed by atoms with Crippen molar-refractivity contribution in [1.82, 2.24) is 10.2 Å². The highest BCUT2D eigenvalue weighted by atomic mass is 79.9. The van der Waals surface area contributed by atoms with E-state index in [0.717, 1.165) is 5.75 Å². The van der Waals surface area contributed by atoms with E-state index in [1.165, 1.54) is 11.1 Å². The van der Waals surface area contributed by atoms with Gasteiger partial charge in [0, 0.05) is 0 Å². The number of benzene rings is 1. The summed E-state index contributed by atoms with van der Waals surface area (Å²) in [5.74, 6) is 2.03. The maximum Gasteiger partial charge on any atom is 0.283 e. The second kappa shape index (κ2) is 5.73. The number of rotatable bonds is 4. The monoisotopic (exact) mass is 348 g/mol. The molecule has 0 N–H and O–H groups in total. The number of aromatic nitrogens is 2. The molecule has 0 aliphatic carbocycles. The molecule has 5 nitrogen and oxygen atoms in total. The Kier molecular flexibility index (Phi) is 3.79. The largest absolute Gasteiger partial charge is 0.484 e. The molecule has 0 aliphatic heterocycles. The minimum Gasteiger partial charge on any atom is -0.484 e. The van der Waals surface area contributed by atoms with Gasteiger partial charge in [0.25, 0.3) is 11.8 Å². The zero-order chi connectivity index (χ0) is 14.8. The number of aryl methyl sites for hydroxylation is 2. The van der Waals surface area contributed by atoms with Gasteiger partial charge in [-0.25, -0.2) is 0 Å². The van der Waals surface area contributed by atoms with E-state index in [9.17, 15) is 0 Å². The highest BCUT2D eigenvalue weighted by molar-refractivity contribution is 9.10. The fourth-order valence-electron chi connectivity index (χ4n) is 1.79. The van der Waals surface area contributed by atoms with Gasteiger partial charge in [-0.2, -0.15) is 0 Å². The summed E-state index contributed by atoms with van der Waals surface area (Å²) in [6.45, 7) is 4.32. The number of hydrogen-bond acceptors (Lipinski definition) is 5. The Bertz CT molecular complexity index is 764. The van der Waals surface area contributed by atoms with Crippen LogP contribution in [0.2, 0.25) is 0 Å². The molecule has 0 bridgehead atoms. The summed E-state index contributed by atoms with van der Waals surface area (Å²) in [5, 5.41) is 7.87. The number of furan rings is 1. The molecular weight excluding hydrogens is 336 g/mol. The average molecular weight is 349 g/mol. The van der Waals surface area contributed by atoms with E-state index < -0.39 is 0 Å². The van der Waals surface area contributed by atoms with E-state index in [1.54, 1.807) is 12.1 Å². The van der Waals surface area contributed by atoms with Crippen molar-refractivity contribution in [2.24, 2.45) is 0 Å². The Labute approximate surface area is 130 Å². The van der Waals surface area contributed by atoms with Crippen molar-refractivity contribution >= 4 is 15.9 Å². The molecule has 1 aromatic carbocycles. The van der Waals surface area contributed by atoms with Crippen LogP contribution in [0, 0.1) is 13.8 Å². The molecule has 6 heteroatoms. The second-order valence-corrected chi connectivity index (χ2v) is 5.42. The molecule has 0 fully saturated rings. The lowest BCUT2D eigenvalue weighted by molar-refractivity contribution is 0.263. The second-order valence-electron chi connectivity index (χ2n) is 4.64. The van der Waals surface area contributed by atoms with E-state index in [2.05, 4.69) is 33.1 Å². The predicted octanol–water partition coefficient (Wildman–Crippen LogP) is 4.29. The first-order valence-electron chi connectivity index (χ1n) is 6.40. The zero-order valence-corrected chi connectivity index (χ0v) is 13.2. The first kappa shape index (κ1) is 13.9. The molecule has 2 heterocycles. The smallest absolute Gasteiger partial charge is 0.283 e. The SMILES string of the molecule is Cc1ccc(OCc2nnc(-c3ccc(Br)o3)o2)cc1C. The molecule has 2 aromatic heterocycles. The lowest BCUT2D eigenvalue weighted by Gasteiger charge is -2.05. The Morgan fingerprint density at radius 2 is 1.90 bits per heavy atom. The third-order valence-corrected chi connectivity index (χ3v) is 3.52. The molecule has 0 amide bonds. The molecule has 0 atom stereocenters.